The van der Waals surface area contributed by atoms with E-state index in [9.17, 15) is 4.79 Å². The number of hydrogen-bond acceptors (Lipinski definition) is 3. The summed E-state index contributed by atoms with van der Waals surface area (Å²) in [5.41, 5.74) is 14.4. The van der Waals surface area contributed by atoms with Gasteiger partial charge in [0, 0.05) is 12.2 Å². The molecule has 1 fully saturated rings. The van der Waals surface area contributed by atoms with Crippen molar-refractivity contribution >= 4 is 12.1 Å². The van der Waals surface area contributed by atoms with Gasteiger partial charge in [-0.3, -0.25) is 10.2 Å². The first-order valence-electron chi connectivity index (χ1n) is 5.12. The molecule has 0 aliphatic heterocycles. The summed E-state index contributed by atoms with van der Waals surface area (Å²) in [7, 11) is 0. The molecule has 1 aromatic carbocycles. The second-order valence-electron chi connectivity index (χ2n) is 3.81. The number of carbonyl (C=O) groups is 1. The molecule has 0 spiro atoms. The van der Waals surface area contributed by atoms with E-state index in [0.717, 1.165) is 11.3 Å². The van der Waals surface area contributed by atoms with Crippen molar-refractivity contribution in [1.82, 2.24) is 10.9 Å². The van der Waals surface area contributed by atoms with Gasteiger partial charge in [0.15, 0.2) is 0 Å². The van der Waals surface area contributed by atoms with Crippen molar-refractivity contribution in [1.29, 1.82) is 0 Å². The van der Waals surface area contributed by atoms with E-state index < -0.39 is 0 Å². The van der Waals surface area contributed by atoms with Crippen molar-refractivity contribution in [3.05, 3.63) is 29.3 Å². The van der Waals surface area contributed by atoms with Crippen LogP contribution in [0.2, 0.25) is 0 Å². The van der Waals surface area contributed by atoms with Crippen molar-refractivity contribution < 1.29 is 4.79 Å². The summed E-state index contributed by atoms with van der Waals surface area (Å²) in [5, 5.41) is 0. The Balaban J connectivity index is 2.14. The molecule has 1 aliphatic carbocycles. The number of nitrogen functional groups attached to an aromatic ring is 1. The monoisotopic (exact) mass is 205 g/mol. The average molecular weight is 205 g/mol. The lowest BCUT2D eigenvalue weighted by Gasteiger charge is -2.12. The van der Waals surface area contributed by atoms with E-state index in [0.29, 0.717) is 18.9 Å². The first-order chi connectivity index (χ1) is 7.33. The lowest BCUT2D eigenvalue weighted by atomic mass is 10.0. The number of benzene rings is 1. The van der Waals surface area contributed by atoms with Gasteiger partial charge >= 0.3 is 0 Å². The molecule has 15 heavy (non-hydrogen) atoms. The van der Waals surface area contributed by atoms with Crippen molar-refractivity contribution in [3.63, 3.8) is 0 Å². The summed E-state index contributed by atoms with van der Waals surface area (Å²) in [5.74, 6) is 0.668. The molecular weight excluding hydrogens is 190 g/mol. The van der Waals surface area contributed by atoms with Gasteiger partial charge < -0.3 is 5.73 Å². The van der Waals surface area contributed by atoms with E-state index in [1.807, 2.05) is 12.1 Å². The normalized spacial score (nSPS) is 14.9. The van der Waals surface area contributed by atoms with Crippen LogP contribution in [0.3, 0.4) is 0 Å². The predicted molar refractivity (Wildman–Crippen MR) is 58.9 cm³/mol. The van der Waals surface area contributed by atoms with Crippen LogP contribution in [-0.2, 0) is 11.3 Å². The molecule has 1 saturated carbocycles. The molecule has 0 radical (unpaired) electrons. The fourth-order valence-electron chi connectivity index (χ4n) is 1.79. The Morgan fingerprint density at radius 3 is 2.93 bits per heavy atom. The summed E-state index contributed by atoms with van der Waals surface area (Å²) in [6, 6.07) is 6.00. The molecule has 0 unspecified atom stereocenters. The smallest absolute Gasteiger partial charge is 0.221 e. The lowest BCUT2D eigenvalue weighted by Crippen LogP contribution is -2.30. The molecule has 4 nitrogen and oxygen atoms in total. The quantitative estimate of drug-likeness (QED) is 0.289. The maximum Gasteiger partial charge on any atom is 0.221 e. The number of anilines is 1. The van der Waals surface area contributed by atoms with Crippen LogP contribution in [0.1, 0.15) is 29.9 Å². The zero-order valence-electron chi connectivity index (χ0n) is 8.49. The van der Waals surface area contributed by atoms with Gasteiger partial charge in [0.2, 0.25) is 6.41 Å². The van der Waals surface area contributed by atoms with Crippen molar-refractivity contribution in [3.8, 4) is 0 Å². The summed E-state index contributed by atoms with van der Waals surface area (Å²) < 4.78 is 0. The zero-order chi connectivity index (χ0) is 10.7. The van der Waals surface area contributed by atoms with E-state index >= 15 is 0 Å². The molecule has 2 rings (SSSR count). The van der Waals surface area contributed by atoms with E-state index in [1.54, 1.807) is 0 Å². The minimum absolute atomic E-state index is 0.581. The molecular formula is C11H15N3O. The van der Waals surface area contributed by atoms with Gasteiger partial charge in [0.05, 0.1) is 0 Å². The Kier molecular flexibility index (Phi) is 2.87. The van der Waals surface area contributed by atoms with Gasteiger partial charge in [-0.2, -0.15) is 0 Å². The number of hydrazine groups is 1. The van der Waals surface area contributed by atoms with Gasteiger partial charge in [0.25, 0.3) is 0 Å². The molecule has 1 aromatic rings. The molecule has 0 heterocycles. The Bertz CT molecular complexity index is 361. The highest BCUT2D eigenvalue weighted by atomic mass is 16.1. The Morgan fingerprint density at radius 1 is 1.47 bits per heavy atom. The molecule has 1 amide bonds. The maximum absolute atomic E-state index is 10.1. The second kappa shape index (κ2) is 4.31. The Morgan fingerprint density at radius 2 is 2.27 bits per heavy atom. The Labute approximate surface area is 88.8 Å². The first kappa shape index (κ1) is 9.98. The van der Waals surface area contributed by atoms with Crippen molar-refractivity contribution in [2.75, 3.05) is 5.73 Å². The third kappa shape index (κ3) is 2.27. The van der Waals surface area contributed by atoms with Crippen molar-refractivity contribution in [2.24, 2.45) is 0 Å². The van der Waals surface area contributed by atoms with Gasteiger partial charge in [-0.05, 0) is 36.0 Å². The van der Waals surface area contributed by atoms with Crippen LogP contribution in [0.5, 0.6) is 0 Å². The van der Waals surface area contributed by atoms with Crippen LogP contribution < -0.4 is 16.6 Å². The molecule has 0 aromatic heterocycles. The molecule has 4 heteroatoms. The SMILES string of the molecule is Nc1cccc(C2CC2)c1CNNC=O. The molecule has 1 aliphatic rings. The van der Waals surface area contributed by atoms with Crippen molar-refractivity contribution in [2.45, 2.75) is 25.3 Å². The lowest BCUT2D eigenvalue weighted by molar-refractivity contribution is -0.110. The standard InChI is InChI=1S/C11H15N3O/c12-11-3-1-2-9(8-4-5-8)10(11)6-13-14-7-15/h1-3,7-8,13H,4-6,12H2,(H,14,15). The Hall–Kier alpha value is -1.55. The van der Waals surface area contributed by atoms with Crippen LogP contribution in [0.4, 0.5) is 5.69 Å². The van der Waals surface area contributed by atoms with Gasteiger partial charge in [-0.1, -0.05) is 12.1 Å². The second-order valence-corrected chi connectivity index (χ2v) is 3.81. The predicted octanol–water partition coefficient (Wildman–Crippen LogP) is 0.897. The summed E-state index contributed by atoms with van der Waals surface area (Å²) in [4.78, 5) is 10.1. The van der Waals surface area contributed by atoms with Crippen LogP contribution in [0.15, 0.2) is 18.2 Å². The minimum Gasteiger partial charge on any atom is -0.398 e. The van der Waals surface area contributed by atoms with Crippen LogP contribution in [0, 0.1) is 0 Å². The summed E-state index contributed by atoms with van der Waals surface area (Å²) in [6.45, 7) is 0.581. The fraction of sp³-hybridized carbons (Fsp3) is 0.364. The molecule has 80 valence electrons. The molecule has 0 saturated heterocycles. The molecule has 4 N–H and O–H groups in total. The van der Waals surface area contributed by atoms with E-state index in [1.165, 1.54) is 18.4 Å². The van der Waals surface area contributed by atoms with Gasteiger partial charge in [-0.15, -0.1) is 0 Å². The molecule has 0 atom stereocenters. The van der Waals surface area contributed by atoms with Crippen LogP contribution in [0.25, 0.3) is 0 Å². The number of amides is 1. The maximum atomic E-state index is 10.1. The number of nitrogens with two attached hydrogens (primary N) is 1. The van der Waals surface area contributed by atoms with Gasteiger partial charge in [0.1, 0.15) is 0 Å². The molecule has 0 bridgehead atoms. The summed E-state index contributed by atoms with van der Waals surface area (Å²) in [6.07, 6.45) is 3.12. The summed E-state index contributed by atoms with van der Waals surface area (Å²) >= 11 is 0. The van der Waals surface area contributed by atoms with E-state index in [-0.39, 0.29) is 0 Å². The third-order valence-electron chi connectivity index (χ3n) is 2.69. The zero-order valence-corrected chi connectivity index (χ0v) is 8.49. The number of nitrogens with one attached hydrogen (secondary N) is 2. The minimum atomic E-state index is 0.581. The fourth-order valence-corrected chi connectivity index (χ4v) is 1.79. The number of rotatable bonds is 5. The van der Waals surface area contributed by atoms with Crippen LogP contribution in [-0.4, -0.2) is 6.41 Å². The van der Waals surface area contributed by atoms with E-state index in [2.05, 4.69) is 16.9 Å². The van der Waals surface area contributed by atoms with Crippen LogP contribution >= 0.6 is 0 Å². The average Bonchev–Trinajstić information content (AvgIpc) is 3.04. The topological polar surface area (TPSA) is 67.2 Å². The third-order valence-corrected chi connectivity index (χ3v) is 2.69. The highest BCUT2D eigenvalue weighted by Gasteiger charge is 2.26. The highest BCUT2D eigenvalue weighted by molar-refractivity contribution is 5.53. The number of carbonyl (C=O) groups excluding carboxylic acids is 1. The first-order valence-corrected chi connectivity index (χ1v) is 5.12. The number of hydrogen-bond donors (Lipinski definition) is 3. The largest absolute Gasteiger partial charge is 0.398 e. The van der Waals surface area contributed by atoms with E-state index in [4.69, 9.17) is 5.73 Å². The highest BCUT2D eigenvalue weighted by Crippen LogP contribution is 2.42. The van der Waals surface area contributed by atoms with Gasteiger partial charge in [-0.25, -0.2) is 5.43 Å².